The third-order valence-electron chi connectivity index (χ3n) is 2.73. The molecule has 1 atom stereocenters. The minimum absolute atomic E-state index is 0.0600. The largest absolute Gasteiger partial charge is 0.480 e. The van der Waals surface area contributed by atoms with E-state index in [1.165, 1.54) is 0 Å². The van der Waals surface area contributed by atoms with Gasteiger partial charge in [-0.25, -0.2) is 4.79 Å². The van der Waals surface area contributed by atoms with Crippen molar-refractivity contribution in [3.8, 4) is 12.3 Å². The Morgan fingerprint density at radius 1 is 1.60 bits per heavy atom. The van der Waals surface area contributed by atoms with E-state index in [0.29, 0.717) is 6.42 Å². The third kappa shape index (κ3) is 2.72. The molecule has 1 rings (SSSR count). The minimum atomic E-state index is -1.12. The van der Waals surface area contributed by atoms with E-state index < -0.39 is 11.5 Å². The van der Waals surface area contributed by atoms with E-state index >= 15 is 0 Å². The van der Waals surface area contributed by atoms with Crippen LogP contribution in [0.25, 0.3) is 0 Å². The molecule has 1 aliphatic rings. The first-order chi connectivity index (χ1) is 7.00. The van der Waals surface area contributed by atoms with Crippen LogP contribution in [-0.4, -0.2) is 22.5 Å². The summed E-state index contributed by atoms with van der Waals surface area (Å²) in [5.41, 5.74) is -1.12. The van der Waals surface area contributed by atoms with Crippen LogP contribution in [0.3, 0.4) is 0 Å². The first-order valence-electron chi connectivity index (χ1n) is 4.98. The molecule has 1 saturated carbocycles. The summed E-state index contributed by atoms with van der Waals surface area (Å²) in [6.45, 7) is 1.56. The number of hydrogen-bond donors (Lipinski definition) is 2. The fourth-order valence-electron chi connectivity index (χ4n) is 1.53. The Morgan fingerprint density at radius 2 is 2.20 bits per heavy atom. The number of terminal acetylenes is 1. The summed E-state index contributed by atoms with van der Waals surface area (Å²) >= 11 is 0. The number of aliphatic carboxylic acids is 1. The number of carbonyl (C=O) groups excluding carboxylic acids is 1. The number of carbonyl (C=O) groups is 2. The van der Waals surface area contributed by atoms with Crippen molar-refractivity contribution < 1.29 is 14.7 Å². The molecule has 0 radical (unpaired) electrons. The maximum atomic E-state index is 11.4. The first-order valence-corrected chi connectivity index (χ1v) is 4.98. The fourth-order valence-corrected chi connectivity index (χ4v) is 1.53. The Kier molecular flexibility index (Phi) is 3.35. The molecule has 1 aliphatic carbocycles. The molecule has 82 valence electrons. The molecule has 0 aromatic heterocycles. The van der Waals surface area contributed by atoms with Gasteiger partial charge in [0, 0.05) is 12.8 Å². The van der Waals surface area contributed by atoms with Gasteiger partial charge in [-0.1, -0.05) is 0 Å². The number of carboxylic acid groups (broad SMARTS) is 1. The van der Waals surface area contributed by atoms with Crippen molar-refractivity contribution in [2.45, 2.75) is 38.1 Å². The summed E-state index contributed by atoms with van der Waals surface area (Å²) in [4.78, 5) is 22.4. The van der Waals surface area contributed by atoms with Gasteiger partial charge in [0.05, 0.1) is 0 Å². The molecule has 0 saturated heterocycles. The normalized spacial score (nSPS) is 18.7. The minimum Gasteiger partial charge on any atom is -0.480 e. The number of carboxylic acids is 1. The lowest BCUT2D eigenvalue weighted by Crippen LogP contribution is -2.53. The molecule has 0 spiro atoms. The van der Waals surface area contributed by atoms with Crippen molar-refractivity contribution >= 4 is 11.9 Å². The summed E-state index contributed by atoms with van der Waals surface area (Å²) in [6, 6.07) is 0. The second-order valence-electron chi connectivity index (χ2n) is 4.03. The van der Waals surface area contributed by atoms with Crippen LogP contribution in [0.5, 0.6) is 0 Å². The number of hydrogen-bond acceptors (Lipinski definition) is 2. The van der Waals surface area contributed by atoms with Crippen LogP contribution in [-0.2, 0) is 9.59 Å². The van der Waals surface area contributed by atoms with Gasteiger partial charge in [-0.15, -0.1) is 12.3 Å². The number of amides is 1. The van der Waals surface area contributed by atoms with Crippen molar-refractivity contribution in [2.24, 2.45) is 5.92 Å². The quantitative estimate of drug-likeness (QED) is 0.657. The Balaban J connectivity index is 2.56. The number of rotatable bonds is 5. The van der Waals surface area contributed by atoms with Gasteiger partial charge in [-0.2, -0.15) is 0 Å². The van der Waals surface area contributed by atoms with E-state index in [0.717, 1.165) is 12.8 Å². The molecule has 15 heavy (non-hydrogen) atoms. The monoisotopic (exact) mass is 209 g/mol. The molecule has 4 heteroatoms. The predicted molar refractivity (Wildman–Crippen MR) is 55.0 cm³/mol. The summed E-state index contributed by atoms with van der Waals surface area (Å²) in [5, 5.41) is 11.6. The van der Waals surface area contributed by atoms with E-state index in [1.807, 2.05) is 0 Å². The molecule has 0 aromatic rings. The molecule has 1 fully saturated rings. The third-order valence-corrected chi connectivity index (χ3v) is 2.73. The zero-order valence-corrected chi connectivity index (χ0v) is 8.75. The summed E-state index contributed by atoms with van der Waals surface area (Å²) < 4.78 is 0. The molecule has 0 aliphatic heterocycles. The van der Waals surface area contributed by atoms with Crippen LogP contribution in [0, 0.1) is 18.3 Å². The van der Waals surface area contributed by atoms with E-state index in [1.54, 1.807) is 6.92 Å². The molecule has 2 N–H and O–H groups in total. The van der Waals surface area contributed by atoms with Crippen molar-refractivity contribution in [2.75, 3.05) is 0 Å². The van der Waals surface area contributed by atoms with E-state index in [2.05, 4.69) is 11.2 Å². The summed E-state index contributed by atoms with van der Waals surface area (Å²) in [6.07, 6.45) is 7.27. The molecule has 0 bridgehead atoms. The maximum absolute atomic E-state index is 11.4. The highest BCUT2D eigenvalue weighted by molar-refractivity contribution is 5.87. The van der Waals surface area contributed by atoms with Gasteiger partial charge < -0.3 is 10.4 Å². The van der Waals surface area contributed by atoms with E-state index in [9.17, 15) is 9.59 Å². The van der Waals surface area contributed by atoms with Crippen molar-refractivity contribution in [1.82, 2.24) is 5.32 Å². The Labute approximate surface area is 89.0 Å². The van der Waals surface area contributed by atoms with Gasteiger partial charge in [-0.3, -0.25) is 4.79 Å². The van der Waals surface area contributed by atoms with Crippen molar-refractivity contribution in [3.63, 3.8) is 0 Å². The van der Waals surface area contributed by atoms with Crippen LogP contribution in [0.2, 0.25) is 0 Å². The second kappa shape index (κ2) is 4.35. The highest BCUT2D eigenvalue weighted by Gasteiger charge is 2.48. The van der Waals surface area contributed by atoms with Crippen molar-refractivity contribution in [3.05, 3.63) is 0 Å². The lowest BCUT2D eigenvalue weighted by atomic mass is 9.95. The lowest BCUT2D eigenvalue weighted by Gasteiger charge is -2.25. The maximum Gasteiger partial charge on any atom is 0.329 e. The highest BCUT2D eigenvalue weighted by atomic mass is 16.4. The predicted octanol–water partition coefficient (Wildman–Crippen LogP) is 0.769. The molecule has 4 nitrogen and oxygen atoms in total. The SMILES string of the molecule is C#CCCC(=O)NC(C)(C(=O)O)C1CC1. The van der Waals surface area contributed by atoms with Crippen LogP contribution in [0.15, 0.2) is 0 Å². The molecule has 0 heterocycles. The van der Waals surface area contributed by atoms with Crippen LogP contribution in [0.4, 0.5) is 0 Å². The number of nitrogens with one attached hydrogen (secondary N) is 1. The molecule has 1 unspecified atom stereocenters. The zero-order chi connectivity index (χ0) is 11.5. The average Bonchev–Trinajstić information content (AvgIpc) is 2.97. The highest BCUT2D eigenvalue weighted by Crippen LogP contribution is 2.39. The summed E-state index contributed by atoms with van der Waals surface area (Å²) in [5.74, 6) is 1.15. The topological polar surface area (TPSA) is 66.4 Å². The second-order valence-corrected chi connectivity index (χ2v) is 4.03. The first kappa shape index (κ1) is 11.6. The van der Waals surface area contributed by atoms with Gasteiger partial charge in [-0.05, 0) is 25.7 Å². The van der Waals surface area contributed by atoms with Crippen LogP contribution in [0.1, 0.15) is 32.6 Å². The van der Waals surface area contributed by atoms with Gasteiger partial charge in [0.2, 0.25) is 5.91 Å². The van der Waals surface area contributed by atoms with Crippen LogP contribution < -0.4 is 5.32 Å². The van der Waals surface area contributed by atoms with Gasteiger partial charge in [0.1, 0.15) is 5.54 Å². The summed E-state index contributed by atoms with van der Waals surface area (Å²) in [7, 11) is 0. The lowest BCUT2D eigenvalue weighted by molar-refractivity contribution is -0.147. The van der Waals surface area contributed by atoms with Crippen LogP contribution >= 0.6 is 0 Å². The van der Waals surface area contributed by atoms with E-state index in [4.69, 9.17) is 11.5 Å². The standard InChI is InChI=1S/C11H15NO3/c1-3-4-5-9(13)12-11(2,10(14)15)8-6-7-8/h1,8H,4-7H2,2H3,(H,12,13)(H,14,15). The van der Waals surface area contributed by atoms with Gasteiger partial charge in [0.25, 0.3) is 0 Å². The molecular weight excluding hydrogens is 194 g/mol. The van der Waals surface area contributed by atoms with E-state index in [-0.39, 0.29) is 18.2 Å². The molecular formula is C11H15NO3. The zero-order valence-electron chi connectivity index (χ0n) is 8.75. The van der Waals surface area contributed by atoms with Gasteiger partial charge >= 0.3 is 5.97 Å². The smallest absolute Gasteiger partial charge is 0.329 e. The Morgan fingerprint density at radius 3 is 2.60 bits per heavy atom. The Bertz CT molecular complexity index is 314. The average molecular weight is 209 g/mol. The molecule has 0 aromatic carbocycles. The van der Waals surface area contributed by atoms with Crippen molar-refractivity contribution in [1.29, 1.82) is 0 Å². The fraction of sp³-hybridized carbons (Fsp3) is 0.636. The molecule has 1 amide bonds. The van der Waals surface area contributed by atoms with Gasteiger partial charge in [0.15, 0.2) is 0 Å². The Hall–Kier alpha value is -1.50.